The molecule has 0 spiro atoms. The molecule has 1 heterocycles. The highest BCUT2D eigenvalue weighted by Crippen LogP contribution is 2.17. The van der Waals surface area contributed by atoms with Gasteiger partial charge in [-0.25, -0.2) is 0 Å². The number of ether oxygens (including phenoxy) is 1. The standard InChI is InChI=1S/C10H13NO3S2/c1-7(10(11)13)14-9(12)6-15-5-8-3-2-4-16-8/h2-4,7H,5-6H2,1H3,(H2,11,13)/t7-/m1/s1. The van der Waals surface area contributed by atoms with E-state index >= 15 is 0 Å². The highest BCUT2D eigenvalue weighted by Gasteiger charge is 2.14. The Kier molecular flexibility index (Phi) is 5.34. The predicted octanol–water partition coefficient (Wildman–Crippen LogP) is 1.40. The summed E-state index contributed by atoms with van der Waals surface area (Å²) in [6.45, 7) is 1.46. The minimum Gasteiger partial charge on any atom is -0.452 e. The van der Waals surface area contributed by atoms with Gasteiger partial charge in [0, 0.05) is 10.6 Å². The molecule has 0 aliphatic carbocycles. The van der Waals surface area contributed by atoms with Crippen molar-refractivity contribution in [1.82, 2.24) is 0 Å². The monoisotopic (exact) mass is 259 g/mol. The summed E-state index contributed by atoms with van der Waals surface area (Å²) in [6, 6.07) is 3.98. The molecule has 16 heavy (non-hydrogen) atoms. The van der Waals surface area contributed by atoms with Crippen molar-refractivity contribution in [2.45, 2.75) is 18.8 Å². The van der Waals surface area contributed by atoms with Gasteiger partial charge < -0.3 is 10.5 Å². The van der Waals surface area contributed by atoms with Gasteiger partial charge in [-0.3, -0.25) is 9.59 Å². The van der Waals surface area contributed by atoms with Crippen LogP contribution >= 0.6 is 23.1 Å². The molecule has 0 saturated heterocycles. The van der Waals surface area contributed by atoms with Crippen molar-refractivity contribution in [3.05, 3.63) is 22.4 Å². The Morgan fingerprint density at radius 3 is 2.94 bits per heavy atom. The molecule has 2 N–H and O–H groups in total. The molecule has 0 aliphatic heterocycles. The van der Waals surface area contributed by atoms with Crippen LogP contribution in [0, 0.1) is 0 Å². The second-order valence-electron chi connectivity index (χ2n) is 3.11. The third-order valence-corrected chi connectivity index (χ3v) is 3.77. The van der Waals surface area contributed by atoms with Crippen molar-refractivity contribution < 1.29 is 14.3 Å². The first-order valence-electron chi connectivity index (χ1n) is 4.68. The lowest BCUT2D eigenvalue weighted by atomic mass is 10.4. The van der Waals surface area contributed by atoms with E-state index in [9.17, 15) is 9.59 Å². The molecule has 1 aromatic heterocycles. The first kappa shape index (κ1) is 13.1. The second kappa shape index (κ2) is 6.55. The summed E-state index contributed by atoms with van der Waals surface area (Å²) < 4.78 is 4.80. The van der Waals surface area contributed by atoms with Gasteiger partial charge in [0.2, 0.25) is 0 Å². The summed E-state index contributed by atoms with van der Waals surface area (Å²) in [5.41, 5.74) is 4.97. The number of thioether (sulfide) groups is 1. The molecule has 0 unspecified atom stereocenters. The van der Waals surface area contributed by atoms with Crippen LogP contribution in [-0.2, 0) is 20.1 Å². The van der Waals surface area contributed by atoms with Crippen molar-refractivity contribution in [2.75, 3.05) is 5.75 Å². The van der Waals surface area contributed by atoms with Crippen molar-refractivity contribution >= 4 is 35.0 Å². The average molecular weight is 259 g/mol. The number of primary amides is 1. The van der Waals surface area contributed by atoms with Crippen molar-refractivity contribution in [2.24, 2.45) is 5.73 Å². The molecule has 0 aromatic carbocycles. The van der Waals surface area contributed by atoms with Crippen LogP contribution in [0.2, 0.25) is 0 Å². The van der Waals surface area contributed by atoms with Gasteiger partial charge in [0.25, 0.3) is 5.91 Å². The first-order chi connectivity index (χ1) is 7.59. The number of amides is 1. The van der Waals surface area contributed by atoms with Gasteiger partial charge in [-0.15, -0.1) is 23.1 Å². The van der Waals surface area contributed by atoms with Crippen LogP contribution in [-0.4, -0.2) is 23.7 Å². The van der Waals surface area contributed by atoms with E-state index in [1.807, 2.05) is 17.5 Å². The van der Waals surface area contributed by atoms with E-state index in [-0.39, 0.29) is 5.75 Å². The fourth-order valence-corrected chi connectivity index (χ4v) is 2.56. The third-order valence-electron chi connectivity index (χ3n) is 1.75. The molecule has 1 rings (SSSR count). The molecule has 1 aromatic rings. The van der Waals surface area contributed by atoms with Crippen LogP contribution in [0.4, 0.5) is 0 Å². The lowest BCUT2D eigenvalue weighted by Crippen LogP contribution is -2.31. The zero-order valence-electron chi connectivity index (χ0n) is 8.84. The van der Waals surface area contributed by atoms with Crippen molar-refractivity contribution in [3.8, 4) is 0 Å². The maximum Gasteiger partial charge on any atom is 0.316 e. The Morgan fingerprint density at radius 1 is 1.62 bits per heavy atom. The van der Waals surface area contributed by atoms with Gasteiger partial charge in [0.1, 0.15) is 0 Å². The number of nitrogens with two attached hydrogens (primary N) is 1. The first-order valence-corrected chi connectivity index (χ1v) is 6.72. The topological polar surface area (TPSA) is 69.4 Å². The average Bonchev–Trinajstić information content (AvgIpc) is 2.70. The van der Waals surface area contributed by atoms with E-state index in [1.54, 1.807) is 11.3 Å². The summed E-state index contributed by atoms with van der Waals surface area (Å²) in [4.78, 5) is 23.1. The SMILES string of the molecule is C[C@@H](OC(=O)CSCc1cccs1)C(N)=O. The zero-order chi connectivity index (χ0) is 12.0. The van der Waals surface area contributed by atoms with Gasteiger partial charge in [0.05, 0.1) is 5.75 Å². The summed E-state index contributed by atoms with van der Waals surface area (Å²) in [5, 5.41) is 1.99. The van der Waals surface area contributed by atoms with Crippen LogP contribution in [0.5, 0.6) is 0 Å². The minimum atomic E-state index is -0.852. The van der Waals surface area contributed by atoms with E-state index in [1.165, 1.54) is 23.6 Å². The van der Waals surface area contributed by atoms with Crippen LogP contribution < -0.4 is 5.73 Å². The van der Waals surface area contributed by atoms with Crippen LogP contribution in [0.15, 0.2) is 17.5 Å². The van der Waals surface area contributed by atoms with Crippen LogP contribution in [0.1, 0.15) is 11.8 Å². The normalized spacial score (nSPS) is 12.1. The maximum atomic E-state index is 11.2. The minimum absolute atomic E-state index is 0.232. The fourth-order valence-electron chi connectivity index (χ4n) is 0.919. The van der Waals surface area contributed by atoms with Crippen LogP contribution in [0.3, 0.4) is 0 Å². The van der Waals surface area contributed by atoms with E-state index < -0.39 is 18.0 Å². The van der Waals surface area contributed by atoms with Crippen molar-refractivity contribution in [1.29, 1.82) is 0 Å². The van der Waals surface area contributed by atoms with Gasteiger partial charge in [-0.1, -0.05) is 6.07 Å². The molecule has 6 heteroatoms. The molecule has 1 amide bonds. The molecule has 4 nitrogen and oxygen atoms in total. The van der Waals surface area contributed by atoms with Crippen LogP contribution in [0.25, 0.3) is 0 Å². The van der Waals surface area contributed by atoms with Gasteiger partial charge >= 0.3 is 5.97 Å². The predicted molar refractivity (Wildman–Crippen MR) is 65.2 cm³/mol. The fraction of sp³-hybridized carbons (Fsp3) is 0.400. The number of hydrogen-bond donors (Lipinski definition) is 1. The largest absolute Gasteiger partial charge is 0.452 e. The lowest BCUT2D eigenvalue weighted by Gasteiger charge is -2.08. The number of thiophene rings is 1. The van der Waals surface area contributed by atoms with E-state index in [4.69, 9.17) is 10.5 Å². The number of esters is 1. The molecule has 88 valence electrons. The highest BCUT2D eigenvalue weighted by atomic mass is 32.2. The maximum absolute atomic E-state index is 11.2. The van der Waals surface area contributed by atoms with E-state index in [0.29, 0.717) is 0 Å². The second-order valence-corrected chi connectivity index (χ2v) is 5.12. The zero-order valence-corrected chi connectivity index (χ0v) is 10.5. The molecule has 0 aliphatic rings. The summed E-state index contributed by atoms with van der Waals surface area (Å²) in [6.07, 6.45) is -0.852. The number of rotatable bonds is 6. The van der Waals surface area contributed by atoms with Gasteiger partial charge in [-0.2, -0.15) is 0 Å². The van der Waals surface area contributed by atoms with E-state index in [2.05, 4.69) is 0 Å². The summed E-state index contributed by atoms with van der Waals surface area (Å²) in [5.74, 6) is -0.0304. The third kappa shape index (κ3) is 4.67. The number of carbonyl (C=O) groups is 2. The molecule has 0 saturated carbocycles. The smallest absolute Gasteiger partial charge is 0.316 e. The molecule has 0 bridgehead atoms. The molecular weight excluding hydrogens is 246 g/mol. The quantitative estimate of drug-likeness (QED) is 0.784. The summed E-state index contributed by atoms with van der Waals surface area (Å²) in [7, 11) is 0. The number of hydrogen-bond acceptors (Lipinski definition) is 5. The van der Waals surface area contributed by atoms with E-state index in [0.717, 1.165) is 5.75 Å². The summed E-state index contributed by atoms with van der Waals surface area (Å²) >= 11 is 3.10. The Hall–Kier alpha value is -1.01. The van der Waals surface area contributed by atoms with Crippen molar-refractivity contribution in [3.63, 3.8) is 0 Å². The Labute approximate surface area is 102 Å². The Morgan fingerprint density at radius 2 is 2.38 bits per heavy atom. The van der Waals surface area contributed by atoms with Gasteiger partial charge in [-0.05, 0) is 18.4 Å². The Balaban J connectivity index is 2.18. The molecular formula is C10H13NO3S2. The molecule has 0 radical (unpaired) electrons. The lowest BCUT2D eigenvalue weighted by molar-refractivity contribution is -0.151. The highest BCUT2D eigenvalue weighted by molar-refractivity contribution is 7.99. The molecule has 1 atom stereocenters. The Bertz CT molecular complexity index is 351. The van der Waals surface area contributed by atoms with Gasteiger partial charge in [0.15, 0.2) is 6.10 Å². The molecule has 0 fully saturated rings. The number of carbonyl (C=O) groups excluding carboxylic acids is 2.